The van der Waals surface area contributed by atoms with Crippen LogP contribution in [0, 0.1) is 6.92 Å². The van der Waals surface area contributed by atoms with Gasteiger partial charge in [-0.1, -0.05) is 65.9 Å². The van der Waals surface area contributed by atoms with Gasteiger partial charge in [0.2, 0.25) is 5.91 Å². The third-order valence-corrected chi connectivity index (χ3v) is 4.98. The van der Waals surface area contributed by atoms with Gasteiger partial charge >= 0.3 is 0 Å². The number of para-hydroxylation sites is 1. The van der Waals surface area contributed by atoms with Gasteiger partial charge < -0.3 is 5.32 Å². The van der Waals surface area contributed by atoms with Crippen LogP contribution in [-0.2, 0) is 11.2 Å². The monoisotopic (exact) mass is 332 g/mol. The van der Waals surface area contributed by atoms with Gasteiger partial charge in [-0.25, -0.2) is 4.98 Å². The molecule has 118 valence electrons. The topological polar surface area (TPSA) is 42.0 Å². The third-order valence-electron chi connectivity index (χ3n) is 4.05. The third kappa shape index (κ3) is 2.88. The minimum Gasteiger partial charge on any atom is -0.302 e. The number of carbonyl (C=O) groups is 1. The largest absolute Gasteiger partial charge is 0.302 e. The Morgan fingerprint density at radius 2 is 1.88 bits per heavy atom. The fourth-order valence-electron chi connectivity index (χ4n) is 2.84. The second-order valence-electron chi connectivity index (χ2n) is 5.85. The molecular weight excluding hydrogens is 316 g/mol. The number of aromatic nitrogens is 1. The molecule has 0 bridgehead atoms. The van der Waals surface area contributed by atoms with Crippen LogP contribution in [0.3, 0.4) is 0 Å². The van der Waals surface area contributed by atoms with Crippen molar-refractivity contribution >= 4 is 43.4 Å². The quantitative estimate of drug-likeness (QED) is 0.577. The lowest BCUT2D eigenvalue weighted by Crippen LogP contribution is -2.14. The highest BCUT2D eigenvalue weighted by atomic mass is 32.1. The van der Waals surface area contributed by atoms with Crippen molar-refractivity contribution in [2.45, 2.75) is 13.3 Å². The highest BCUT2D eigenvalue weighted by Gasteiger charge is 2.10. The average Bonchev–Trinajstić information content (AvgIpc) is 2.98. The highest BCUT2D eigenvalue weighted by molar-refractivity contribution is 7.22. The zero-order valence-electron chi connectivity index (χ0n) is 13.2. The molecule has 1 amide bonds. The lowest BCUT2D eigenvalue weighted by atomic mass is 10.1. The summed E-state index contributed by atoms with van der Waals surface area (Å²) in [6.45, 7) is 2.03. The molecule has 4 rings (SSSR count). The Hall–Kier alpha value is -2.72. The Balaban J connectivity index is 1.53. The van der Waals surface area contributed by atoms with Crippen LogP contribution in [0.15, 0.2) is 60.7 Å². The number of rotatable bonds is 3. The van der Waals surface area contributed by atoms with Crippen LogP contribution in [0.2, 0.25) is 0 Å². The van der Waals surface area contributed by atoms with Crippen molar-refractivity contribution in [2.75, 3.05) is 5.32 Å². The smallest absolute Gasteiger partial charge is 0.230 e. The molecule has 0 aliphatic heterocycles. The molecule has 0 saturated heterocycles. The number of benzene rings is 3. The van der Waals surface area contributed by atoms with Gasteiger partial charge in [-0.05, 0) is 34.9 Å². The van der Waals surface area contributed by atoms with Gasteiger partial charge in [0.15, 0.2) is 5.13 Å². The molecule has 3 aromatic carbocycles. The number of carbonyl (C=O) groups excluding carboxylic acids is 1. The second kappa shape index (κ2) is 6.06. The molecule has 0 aliphatic carbocycles. The summed E-state index contributed by atoms with van der Waals surface area (Å²) in [4.78, 5) is 16.9. The molecule has 1 N–H and O–H groups in total. The Labute approximate surface area is 144 Å². The Morgan fingerprint density at radius 1 is 1.04 bits per heavy atom. The fourth-order valence-corrected chi connectivity index (χ4v) is 3.80. The first-order valence-corrected chi connectivity index (χ1v) is 8.64. The molecule has 3 nitrogen and oxygen atoms in total. The van der Waals surface area contributed by atoms with Crippen LogP contribution in [0.25, 0.3) is 21.0 Å². The summed E-state index contributed by atoms with van der Waals surface area (Å²) in [5.41, 5.74) is 3.09. The molecule has 1 heterocycles. The van der Waals surface area contributed by atoms with Crippen LogP contribution < -0.4 is 5.32 Å². The van der Waals surface area contributed by atoms with Gasteiger partial charge in [0.25, 0.3) is 0 Å². The first-order valence-electron chi connectivity index (χ1n) is 7.83. The van der Waals surface area contributed by atoms with Crippen molar-refractivity contribution < 1.29 is 4.79 Å². The van der Waals surface area contributed by atoms with E-state index in [1.165, 1.54) is 16.7 Å². The predicted molar refractivity (Wildman–Crippen MR) is 101 cm³/mol. The average molecular weight is 332 g/mol. The summed E-state index contributed by atoms with van der Waals surface area (Å²) in [7, 11) is 0. The maximum Gasteiger partial charge on any atom is 0.230 e. The number of amides is 1. The first-order chi connectivity index (χ1) is 11.7. The van der Waals surface area contributed by atoms with Gasteiger partial charge in [-0.2, -0.15) is 0 Å². The normalized spacial score (nSPS) is 11.0. The minimum atomic E-state index is -0.0398. The van der Waals surface area contributed by atoms with Crippen LogP contribution in [0.1, 0.15) is 11.1 Å². The van der Waals surface area contributed by atoms with Gasteiger partial charge in [0.1, 0.15) is 0 Å². The highest BCUT2D eigenvalue weighted by Crippen LogP contribution is 2.28. The lowest BCUT2D eigenvalue weighted by Gasteiger charge is -2.04. The van der Waals surface area contributed by atoms with Crippen LogP contribution in [0.4, 0.5) is 5.13 Å². The predicted octanol–water partition coefficient (Wildman–Crippen LogP) is 4.94. The van der Waals surface area contributed by atoms with Gasteiger partial charge in [-0.3, -0.25) is 4.79 Å². The molecule has 1 aromatic heterocycles. The van der Waals surface area contributed by atoms with Crippen LogP contribution in [0.5, 0.6) is 0 Å². The van der Waals surface area contributed by atoms with Gasteiger partial charge in [0, 0.05) is 0 Å². The second-order valence-corrected chi connectivity index (χ2v) is 6.88. The van der Waals surface area contributed by atoms with E-state index in [0.717, 1.165) is 26.7 Å². The summed E-state index contributed by atoms with van der Waals surface area (Å²) in [5, 5.41) is 5.92. The van der Waals surface area contributed by atoms with E-state index in [9.17, 15) is 4.79 Å². The maximum atomic E-state index is 12.3. The van der Waals surface area contributed by atoms with E-state index >= 15 is 0 Å². The molecule has 0 aliphatic rings. The SMILES string of the molecule is Cc1cccc2sc(NC(=O)Cc3ccc4ccccc4c3)nc12. The van der Waals surface area contributed by atoms with Crippen molar-refractivity contribution in [3.63, 3.8) is 0 Å². The summed E-state index contributed by atoms with van der Waals surface area (Å²) < 4.78 is 1.09. The first kappa shape index (κ1) is 14.8. The fraction of sp³-hybridized carbons (Fsp3) is 0.100. The zero-order valence-corrected chi connectivity index (χ0v) is 14.1. The number of anilines is 1. The van der Waals surface area contributed by atoms with E-state index in [1.54, 1.807) is 0 Å². The van der Waals surface area contributed by atoms with Crippen LogP contribution >= 0.6 is 11.3 Å². The van der Waals surface area contributed by atoms with Crippen molar-refractivity contribution in [1.82, 2.24) is 4.98 Å². The maximum absolute atomic E-state index is 12.3. The standard InChI is InChI=1S/C20H16N2OS/c1-13-5-4-8-17-19(13)22-20(24-17)21-18(23)12-14-9-10-15-6-2-3-7-16(15)11-14/h2-11H,12H2,1H3,(H,21,22,23). The zero-order chi connectivity index (χ0) is 16.5. The number of nitrogens with one attached hydrogen (secondary N) is 1. The van der Waals surface area contributed by atoms with E-state index in [4.69, 9.17) is 0 Å². The summed E-state index contributed by atoms with van der Waals surface area (Å²) in [6.07, 6.45) is 0.347. The van der Waals surface area contributed by atoms with Crippen molar-refractivity contribution in [2.24, 2.45) is 0 Å². The number of aryl methyl sites for hydroxylation is 1. The lowest BCUT2D eigenvalue weighted by molar-refractivity contribution is -0.115. The molecule has 4 heteroatoms. The van der Waals surface area contributed by atoms with E-state index in [-0.39, 0.29) is 5.91 Å². The summed E-state index contributed by atoms with van der Waals surface area (Å²) >= 11 is 1.51. The molecule has 0 unspecified atom stereocenters. The molecule has 0 fully saturated rings. The minimum absolute atomic E-state index is 0.0398. The van der Waals surface area contributed by atoms with Gasteiger partial charge in [0.05, 0.1) is 16.6 Å². The molecule has 24 heavy (non-hydrogen) atoms. The Morgan fingerprint density at radius 3 is 2.71 bits per heavy atom. The van der Waals surface area contributed by atoms with E-state index in [0.29, 0.717) is 11.6 Å². The van der Waals surface area contributed by atoms with E-state index in [1.807, 2.05) is 43.3 Å². The number of fused-ring (bicyclic) bond motifs is 2. The molecule has 0 spiro atoms. The van der Waals surface area contributed by atoms with Gasteiger partial charge in [-0.15, -0.1) is 0 Å². The van der Waals surface area contributed by atoms with E-state index < -0.39 is 0 Å². The number of hydrogen-bond acceptors (Lipinski definition) is 3. The summed E-state index contributed by atoms with van der Waals surface area (Å²) in [6, 6.07) is 20.4. The van der Waals surface area contributed by atoms with Crippen molar-refractivity contribution in [1.29, 1.82) is 0 Å². The summed E-state index contributed by atoms with van der Waals surface area (Å²) in [5.74, 6) is -0.0398. The molecule has 0 atom stereocenters. The number of nitrogens with zero attached hydrogens (tertiary/aromatic N) is 1. The Kier molecular flexibility index (Phi) is 3.75. The van der Waals surface area contributed by atoms with E-state index in [2.05, 4.69) is 34.6 Å². The molecule has 4 aromatic rings. The van der Waals surface area contributed by atoms with Crippen molar-refractivity contribution in [3.8, 4) is 0 Å². The van der Waals surface area contributed by atoms with Crippen LogP contribution in [-0.4, -0.2) is 10.9 Å². The molecule has 0 radical (unpaired) electrons. The number of hydrogen-bond donors (Lipinski definition) is 1. The molecular formula is C20H16N2OS. The Bertz CT molecular complexity index is 1050. The molecule has 0 saturated carbocycles. The van der Waals surface area contributed by atoms with Crippen molar-refractivity contribution in [3.05, 3.63) is 71.8 Å². The number of thiazole rings is 1.